The van der Waals surface area contributed by atoms with Crippen molar-refractivity contribution < 1.29 is 45.7 Å². The fourth-order valence-corrected chi connectivity index (χ4v) is 5.78. The minimum atomic E-state index is -4.48. The molecule has 1 aliphatic heterocycles. The zero-order chi connectivity index (χ0) is 29.6. The van der Waals surface area contributed by atoms with Crippen LogP contribution in [0.2, 0.25) is 0 Å². The van der Waals surface area contributed by atoms with Crippen molar-refractivity contribution in [2.45, 2.75) is 42.5 Å². The third-order valence-electron chi connectivity index (χ3n) is 6.89. The molecule has 0 saturated heterocycles. The van der Waals surface area contributed by atoms with Crippen molar-refractivity contribution in [2.24, 2.45) is 5.92 Å². The van der Waals surface area contributed by atoms with E-state index in [9.17, 15) is 31.5 Å². The van der Waals surface area contributed by atoms with E-state index in [1.54, 1.807) is 6.08 Å². The monoisotopic (exact) mass is 598 g/mol. The van der Waals surface area contributed by atoms with E-state index in [4.69, 9.17) is 14.2 Å². The number of halogens is 3. The van der Waals surface area contributed by atoms with Crippen LogP contribution in [0, 0.1) is 5.92 Å². The van der Waals surface area contributed by atoms with E-state index in [0.717, 1.165) is 29.3 Å². The van der Waals surface area contributed by atoms with Gasteiger partial charge in [0.15, 0.2) is 5.76 Å². The number of aliphatic hydroxyl groups is 1. The second-order valence-electron chi connectivity index (χ2n) is 9.87. The molecule has 1 amide bonds. The number of carbonyl (C=O) groups is 1. The number of methoxy groups -OCH3 is 1. The van der Waals surface area contributed by atoms with Crippen LogP contribution in [-0.2, 0) is 30.5 Å². The number of hydrogen-bond acceptors (Lipinski definition) is 7. The third-order valence-corrected chi connectivity index (χ3v) is 8.80. The maximum Gasteiger partial charge on any atom is 0.416 e. The normalized spacial score (nSPS) is 19.4. The molecule has 0 spiro atoms. The number of allylic oxidation sites excluding steroid dienone is 1. The Morgan fingerprint density at radius 2 is 1.78 bits per heavy atom. The SMILES string of the molecule is COc1ccc(S(=O)(=O)N(CCO)CCO[C@@H]2C[C@H](c3ccc(C(F)(F)F)cc3)C=C(C(=O)NCC3CC3)O2)cc1. The number of nitrogens with zero attached hydrogens (tertiary/aromatic N) is 1. The first-order valence-electron chi connectivity index (χ1n) is 13.2. The Morgan fingerprint density at radius 1 is 1.10 bits per heavy atom. The van der Waals surface area contributed by atoms with Gasteiger partial charge in [-0.05, 0) is 66.8 Å². The summed E-state index contributed by atoms with van der Waals surface area (Å²) >= 11 is 0. The standard InChI is InChI=1S/C28H33F3N2O7S/c1-38-23-8-10-24(11-9-23)41(36,37)33(12-14-34)13-15-39-26-17-21(20-4-6-22(7-5-20)28(29,30)31)16-25(40-26)27(35)32-18-19-2-3-19/h4-11,16,19,21,26,34H,2-3,12-15,17-18H2,1H3,(H,32,35)/t21-,26+/m1/s1. The van der Waals surface area contributed by atoms with Crippen molar-refractivity contribution in [1.29, 1.82) is 0 Å². The highest BCUT2D eigenvalue weighted by atomic mass is 32.2. The average Bonchev–Trinajstić information content (AvgIpc) is 3.79. The van der Waals surface area contributed by atoms with Gasteiger partial charge in [0.1, 0.15) is 5.75 Å². The Hall–Kier alpha value is -3.13. The van der Waals surface area contributed by atoms with E-state index >= 15 is 0 Å². The van der Waals surface area contributed by atoms with Crippen LogP contribution in [0.15, 0.2) is 65.3 Å². The molecular weight excluding hydrogens is 565 g/mol. The summed E-state index contributed by atoms with van der Waals surface area (Å²) in [5.41, 5.74) is -0.235. The molecule has 0 aromatic heterocycles. The summed E-state index contributed by atoms with van der Waals surface area (Å²) in [6.45, 7) is -0.343. The molecule has 2 N–H and O–H groups in total. The van der Waals surface area contributed by atoms with Gasteiger partial charge in [0, 0.05) is 32.0 Å². The highest BCUT2D eigenvalue weighted by molar-refractivity contribution is 7.89. The predicted molar refractivity (Wildman–Crippen MR) is 142 cm³/mol. The maximum absolute atomic E-state index is 13.2. The molecule has 2 aliphatic rings. The zero-order valence-electron chi connectivity index (χ0n) is 22.5. The van der Waals surface area contributed by atoms with Gasteiger partial charge in [0.05, 0.1) is 30.8 Å². The summed E-state index contributed by atoms with van der Waals surface area (Å²) < 4.78 is 83.3. The molecule has 13 heteroatoms. The highest BCUT2D eigenvalue weighted by Gasteiger charge is 2.33. The molecule has 1 saturated carbocycles. The van der Waals surface area contributed by atoms with Crippen LogP contribution >= 0.6 is 0 Å². The van der Waals surface area contributed by atoms with Crippen molar-refractivity contribution in [3.63, 3.8) is 0 Å². The van der Waals surface area contributed by atoms with Crippen LogP contribution < -0.4 is 10.1 Å². The lowest BCUT2D eigenvalue weighted by molar-refractivity contribution is -0.146. The van der Waals surface area contributed by atoms with Crippen LogP contribution in [0.1, 0.15) is 36.3 Å². The molecule has 2 aromatic carbocycles. The molecule has 1 aliphatic carbocycles. The number of sulfonamides is 1. The number of nitrogens with one attached hydrogen (secondary N) is 1. The Bertz CT molecular complexity index is 1310. The van der Waals surface area contributed by atoms with E-state index in [2.05, 4.69) is 5.32 Å². The van der Waals surface area contributed by atoms with Crippen molar-refractivity contribution in [3.05, 3.63) is 71.5 Å². The summed E-state index contributed by atoms with van der Waals surface area (Å²) in [6, 6.07) is 10.5. The number of ether oxygens (including phenoxy) is 3. The van der Waals surface area contributed by atoms with Gasteiger partial charge < -0.3 is 24.6 Å². The number of aliphatic hydroxyl groups excluding tert-OH is 1. The number of hydrogen-bond donors (Lipinski definition) is 2. The molecule has 224 valence electrons. The predicted octanol–water partition coefficient (Wildman–Crippen LogP) is 3.65. The summed E-state index contributed by atoms with van der Waals surface area (Å²) in [4.78, 5) is 12.8. The van der Waals surface area contributed by atoms with E-state index in [1.165, 1.54) is 43.5 Å². The smallest absolute Gasteiger partial charge is 0.416 e. The molecule has 1 fully saturated rings. The molecule has 2 aromatic rings. The van der Waals surface area contributed by atoms with Gasteiger partial charge in [0.2, 0.25) is 16.3 Å². The molecule has 0 radical (unpaired) electrons. The minimum absolute atomic E-state index is 0.00938. The topological polar surface area (TPSA) is 114 Å². The van der Waals surface area contributed by atoms with Gasteiger partial charge in [-0.3, -0.25) is 4.79 Å². The fourth-order valence-electron chi connectivity index (χ4n) is 4.36. The average molecular weight is 599 g/mol. The van der Waals surface area contributed by atoms with Gasteiger partial charge in [-0.15, -0.1) is 0 Å². The van der Waals surface area contributed by atoms with Crippen LogP contribution in [0.25, 0.3) is 0 Å². The number of rotatable bonds is 13. The summed E-state index contributed by atoms with van der Waals surface area (Å²) in [5.74, 6) is -0.0284. The largest absolute Gasteiger partial charge is 0.497 e. The second kappa shape index (κ2) is 13.2. The van der Waals surface area contributed by atoms with E-state index in [1.807, 2.05) is 0 Å². The molecule has 2 atom stereocenters. The zero-order valence-corrected chi connectivity index (χ0v) is 23.3. The van der Waals surface area contributed by atoms with E-state index < -0.39 is 46.5 Å². The quantitative estimate of drug-likeness (QED) is 0.362. The molecular formula is C28H33F3N2O7S. The van der Waals surface area contributed by atoms with E-state index in [-0.39, 0.29) is 36.8 Å². The first-order chi connectivity index (χ1) is 19.5. The van der Waals surface area contributed by atoms with Gasteiger partial charge in [-0.25, -0.2) is 8.42 Å². The van der Waals surface area contributed by atoms with Crippen molar-refractivity contribution in [2.75, 3.05) is 40.0 Å². The minimum Gasteiger partial charge on any atom is -0.497 e. The van der Waals surface area contributed by atoms with Gasteiger partial charge in [0.25, 0.3) is 5.91 Å². The number of alkyl halides is 3. The first-order valence-corrected chi connectivity index (χ1v) is 14.7. The van der Waals surface area contributed by atoms with Crippen LogP contribution in [0.5, 0.6) is 5.75 Å². The molecule has 41 heavy (non-hydrogen) atoms. The number of benzene rings is 2. The molecule has 9 nitrogen and oxygen atoms in total. The fraction of sp³-hybridized carbons (Fsp3) is 0.464. The molecule has 0 unspecified atom stereocenters. The number of amides is 1. The summed E-state index contributed by atoms with van der Waals surface area (Å²) in [5, 5.41) is 12.3. The van der Waals surface area contributed by atoms with E-state index in [0.29, 0.717) is 23.8 Å². The molecule has 1 heterocycles. The third kappa shape index (κ3) is 8.22. The lowest BCUT2D eigenvalue weighted by atomic mass is 9.92. The Labute approximate surface area is 236 Å². The Morgan fingerprint density at radius 3 is 2.37 bits per heavy atom. The van der Waals surface area contributed by atoms with Crippen LogP contribution in [-0.4, -0.2) is 70.0 Å². The van der Waals surface area contributed by atoms with Gasteiger partial charge in [-0.1, -0.05) is 12.1 Å². The summed E-state index contributed by atoms with van der Waals surface area (Å²) in [6.07, 6.45) is -1.62. The summed E-state index contributed by atoms with van der Waals surface area (Å²) in [7, 11) is -2.50. The van der Waals surface area contributed by atoms with Crippen LogP contribution in [0.3, 0.4) is 0 Å². The van der Waals surface area contributed by atoms with Crippen LogP contribution in [0.4, 0.5) is 13.2 Å². The van der Waals surface area contributed by atoms with Gasteiger partial charge >= 0.3 is 6.18 Å². The van der Waals surface area contributed by atoms with Crippen molar-refractivity contribution >= 4 is 15.9 Å². The first kappa shape index (κ1) is 30.8. The lowest BCUT2D eigenvalue weighted by Gasteiger charge is -2.30. The lowest BCUT2D eigenvalue weighted by Crippen LogP contribution is -2.38. The highest BCUT2D eigenvalue weighted by Crippen LogP contribution is 2.35. The van der Waals surface area contributed by atoms with Crippen molar-refractivity contribution in [1.82, 2.24) is 9.62 Å². The van der Waals surface area contributed by atoms with Gasteiger partial charge in [-0.2, -0.15) is 17.5 Å². The Balaban J connectivity index is 1.45. The second-order valence-corrected chi connectivity index (χ2v) is 11.8. The molecule has 0 bridgehead atoms. The van der Waals surface area contributed by atoms with Crippen molar-refractivity contribution in [3.8, 4) is 5.75 Å². The Kier molecular flexibility index (Phi) is 9.95. The molecule has 4 rings (SSSR count). The number of carbonyl (C=O) groups excluding carboxylic acids is 1. The maximum atomic E-state index is 13.2.